The highest BCUT2D eigenvalue weighted by atomic mass is 16.6. The van der Waals surface area contributed by atoms with Crippen molar-refractivity contribution in [2.75, 3.05) is 13.2 Å². The molecule has 0 amide bonds. The fourth-order valence-corrected chi connectivity index (χ4v) is 6.96. The van der Waals surface area contributed by atoms with Gasteiger partial charge in [0.25, 0.3) is 0 Å². The first-order chi connectivity index (χ1) is 33.0. The summed E-state index contributed by atoms with van der Waals surface area (Å²) >= 11 is 0. The Labute approximate surface area is 412 Å². The number of carbonyl (C=O) groups excluding carboxylic acids is 3. The minimum Gasteiger partial charge on any atom is -0.462 e. The van der Waals surface area contributed by atoms with Gasteiger partial charge < -0.3 is 14.2 Å². The van der Waals surface area contributed by atoms with Gasteiger partial charge in [0, 0.05) is 19.3 Å². The number of rotatable bonds is 47. The highest BCUT2D eigenvalue weighted by Crippen LogP contribution is 2.13. The van der Waals surface area contributed by atoms with Crippen molar-refractivity contribution in [1.29, 1.82) is 0 Å². The summed E-state index contributed by atoms with van der Waals surface area (Å²) in [6.45, 7) is 6.29. The number of esters is 3. The van der Waals surface area contributed by atoms with Crippen LogP contribution in [0.15, 0.2) is 122 Å². The van der Waals surface area contributed by atoms with E-state index in [-0.39, 0.29) is 44.0 Å². The third-order valence-electron chi connectivity index (χ3n) is 10.9. The SMILES string of the molecule is CC/C=C\C/C=C\C/C=C\C/C=C\C/C=C\CCCC(=O)OC(COC(=O)CC/C=C\C/C=C\CCCCCCCC)COC(=O)CCCCCCCCCCC/C=C\C/C=C\C/C=C\CC. The van der Waals surface area contributed by atoms with Crippen LogP contribution in [0.1, 0.15) is 226 Å². The topological polar surface area (TPSA) is 78.9 Å². The molecule has 1 unspecified atom stereocenters. The molecule has 378 valence electrons. The molecule has 67 heavy (non-hydrogen) atoms. The normalized spacial score (nSPS) is 13.1. The van der Waals surface area contributed by atoms with Gasteiger partial charge in [-0.15, -0.1) is 0 Å². The smallest absolute Gasteiger partial charge is 0.306 e. The van der Waals surface area contributed by atoms with Crippen molar-refractivity contribution in [2.24, 2.45) is 0 Å². The van der Waals surface area contributed by atoms with Crippen LogP contribution < -0.4 is 0 Å². The first-order valence-corrected chi connectivity index (χ1v) is 27.0. The molecule has 0 rings (SSSR count). The van der Waals surface area contributed by atoms with Gasteiger partial charge in [-0.25, -0.2) is 0 Å². The summed E-state index contributed by atoms with van der Waals surface area (Å²) in [4.78, 5) is 38.0. The van der Waals surface area contributed by atoms with Gasteiger partial charge in [0.05, 0.1) is 0 Å². The van der Waals surface area contributed by atoms with E-state index in [4.69, 9.17) is 14.2 Å². The third-order valence-corrected chi connectivity index (χ3v) is 10.9. The minimum absolute atomic E-state index is 0.124. The predicted octanol–water partition coefficient (Wildman–Crippen LogP) is 18.1. The highest BCUT2D eigenvalue weighted by Gasteiger charge is 2.19. The molecule has 0 spiro atoms. The first-order valence-electron chi connectivity index (χ1n) is 27.0. The average molecular weight is 927 g/mol. The number of ether oxygens (including phenoxy) is 3. The molecule has 0 fully saturated rings. The van der Waals surface area contributed by atoms with Crippen molar-refractivity contribution in [3.8, 4) is 0 Å². The lowest BCUT2D eigenvalue weighted by molar-refractivity contribution is -0.166. The predicted molar refractivity (Wildman–Crippen MR) is 288 cm³/mol. The van der Waals surface area contributed by atoms with Crippen LogP contribution in [0.25, 0.3) is 0 Å². The van der Waals surface area contributed by atoms with E-state index < -0.39 is 6.10 Å². The van der Waals surface area contributed by atoms with Crippen LogP contribution in [0, 0.1) is 0 Å². The lowest BCUT2D eigenvalue weighted by Gasteiger charge is -2.18. The fraction of sp³-hybridized carbons (Fsp3) is 0.623. The van der Waals surface area contributed by atoms with Gasteiger partial charge in [-0.3, -0.25) is 14.4 Å². The van der Waals surface area contributed by atoms with Crippen molar-refractivity contribution < 1.29 is 28.6 Å². The summed E-state index contributed by atoms with van der Waals surface area (Å²) in [5.74, 6) is -1.06. The summed E-state index contributed by atoms with van der Waals surface area (Å²) in [5, 5.41) is 0. The van der Waals surface area contributed by atoms with Crippen LogP contribution in [0.3, 0.4) is 0 Å². The van der Waals surface area contributed by atoms with Gasteiger partial charge in [0.2, 0.25) is 0 Å². The summed E-state index contributed by atoms with van der Waals surface area (Å²) in [6, 6.07) is 0. The zero-order valence-electron chi connectivity index (χ0n) is 43.1. The Morgan fingerprint density at radius 3 is 1.04 bits per heavy atom. The van der Waals surface area contributed by atoms with Crippen LogP contribution in [-0.2, 0) is 28.6 Å². The molecule has 1 atom stereocenters. The van der Waals surface area contributed by atoms with Crippen molar-refractivity contribution >= 4 is 17.9 Å². The Morgan fingerprint density at radius 1 is 0.313 bits per heavy atom. The molecule has 0 heterocycles. The Kier molecular flexibility index (Phi) is 51.0. The van der Waals surface area contributed by atoms with E-state index in [0.717, 1.165) is 96.3 Å². The van der Waals surface area contributed by atoms with Gasteiger partial charge in [-0.2, -0.15) is 0 Å². The van der Waals surface area contributed by atoms with Crippen LogP contribution in [-0.4, -0.2) is 37.2 Å². The van der Waals surface area contributed by atoms with Crippen LogP contribution >= 0.6 is 0 Å². The molecule has 0 aliphatic carbocycles. The van der Waals surface area contributed by atoms with Gasteiger partial charge >= 0.3 is 17.9 Å². The molecular weight excluding hydrogens is 829 g/mol. The molecular formula is C61H98O6. The van der Waals surface area contributed by atoms with Crippen LogP contribution in [0.5, 0.6) is 0 Å². The quantitative estimate of drug-likeness (QED) is 0.0262. The highest BCUT2D eigenvalue weighted by molar-refractivity contribution is 5.71. The number of hydrogen-bond donors (Lipinski definition) is 0. The van der Waals surface area contributed by atoms with Crippen molar-refractivity contribution in [3.05, 3.63) is 122 Å². The van der Waals surface area contributed by atoms with Crippen molar-refractivity contribution in [1.82, 2.24) is 0 Å². The lowest BCUT2D eigenvalue weighted by Crippen LogP contribution is -2.30. The Balaban J connectivity index is 4.53. The summed E-state index contributed by atoms with van der Waals surface area (Å²) < 4.78 is 16.7. The summed E-state index contributed by atoms with van der Waals surface area (Å²) in [7, 11) is 0. The molecule has 0 aliphatic heterocycles. The molecule has 0 aliphatic rings. The molecule has 0 saturated heterocycles. The second-order valence-electron chi connectivity index (χ2n) is 17.4. The maximum Gasteiger partial charge on any atom is 0.306 e. The zero-order valence-corrected chi connectivity index (χ0v) is 43.1. The number of carbonyl (C=O) groups is 3. The average Bonchev–Trinajstić information content (AvgIpc) is 3.33. The van der Waals surface area contributed by atoms with Gasteiger partial charge in [0.1, 0.15) is 13.2 Å². The molecule has 0 radical (unpaired) electrons. The standard InChI is InChI=1S/C61H98O6/c1-4-7-10-13-16-19-22-25-27-29-30-32-33-36-39-42-45-48-51-54-60(63)66-57-58(56-65-59(62)53-50-47-44-41-38-35-24-21-18-15-12-9-6-3)67-61(64)55-52-49-46-43-40-37-34-31-28-26-23-20-17-14-11-8-5-2/h7-8,10-11,16-17,19-20,25-28,34-35,37-38,43-44,46-47,58H,4-6,9,12-15,18,21-24,29-33,36,39-42,45,48-57H2,1-3H3/b10-7-,11-8-,19-16-,20-17-,27-25-,28-26-,37-34-,38-35-,46-43-,47-44-. The number of hydrogen-bond acceptors (Lipinski definition) is 6. The number of allylic oxidation sites excluding steroid dienone is 20. The maximum absolute atomic E-state index is 12.8. The molecule has 0 saturated carbocycles. The second-order valence-corrected chi connectivity index (χ2v) is 17.4. The monoisotopic (exact) mass is 927 g/mol. The fourth-order valence-electron chi connectivity index (χ4n) is 6.96. The number of unbranched alkanes of at least 4 members (excludes halogenated alkanes) is 16. The lowest BCUT2D eigenvalue weighted by atomic mass is 10.1. The maximum atomic E-state index is 12.8. The minimum atomic E-state index is -0.836. The van der Waals surface area contributed by atoms with E-state index in [1.165, 1.54) is 77.0 Å². The Hall–Kier alpha value is -4.19. The molecule has 0 aromatic heterocycles. The van der Waals surface area contributed by atoms with Crippen LogP contribution in [0.2, 0.25) is 0 Å². The van der Waals surface area contributed by atoms with E-state index in [1.807, 2.05) is 6.08 Å². The summed E-state index contributed by atoms with van der Waals surface area (Å²) in [6.07, 6.45) is 74.9. The molecule has 0 N–H and O–H groups in total. The van der Waals surface area contributed by atoms with Crippen molar-refractivity contribution in [3.63, 3.8) is 0 Å². The largest absolute Gasteiger partial charge is 0.462 e. The van der Waals surface area contributed by atoms with Gasteiger partial charge in [-0.05, 0) is 109 Å². The Bertz CT molecular complexity index is 1440. The van der Waals surface area contributed by atoms with E-state index in [0.29, 0.717) is 19.3 Å². The van der Waals surface area contributed by atoms with E-state index >= 15 is 0 Å². The molecule has 0 aromatic carbocycles. The van der Waals surface area contributed by atoms with Gasteiger partial charge in [0.15, 0.2) is 6.10 Å². The second kappa shape index (κ2) is 54.4. The molecule has 6 heteroatoms. The Morgan fingerprint density at radius 2 is 0.627 bits per heavy atom. The summed E-state index contributed by atoms with van der Waals surface area (Å²) in [5.41, 5.74) is 0. The van der Waals surface area contributed by atoms with Gasteiger partial charge in [-0.1, -0.05) is 219 Å². The van der Waals surface area contributed by atoms with E-state index in [1.54, 1.807) is 0 Å². The van der Waals surface area contributed by atoms with E-state index in [9.17, 15) is 14.4 Å². The molecule has 6 nitrogen and oxygen atoms in total. The van der Waals surface area contributed by atoms with Crippen LogP contribution in [0.4, 0.5) is 0 Å². The molecule has 0 aromatic rings. The first kappa shape index (κ1) is 62.8. The molecule has 0 bridgehead atoms. The van der Waals surface area contributed by atoms with E-state index in [2.05, 4.69) is 136 Å². The van der Waals surface area contributed by atoms with Crippen molar-refractivity contribution in [2.45, 2.75) is 232 Å². The zero-order chi connectivity index (χ0) is 48.6. The third kappa shape index (κ3) is 52.6.